The van der Waals surface area contributed by atoms with Gasteiger partial charge in [0.05, 0.1) is 16.6 Å². The van der Waals surface area contributed by atoms with E-state index in [1.807, 2.05) is 60.7 Å². The lowest BCUT2D eigenvalue weighted by atomic mass is 9.65. The van der Waals surface area contributed by atoms with E-state index in [1.54, 1.807) is 0 Å². The molecule has 0 saturated heterocycles. The summed E-state index contributed by atoms with van der Waals surface area (Å²) < 4.78 is 6.95. The minimum absolute atomic E-state index is 0.568. The number of hydrogen-bond acceptors (Lipinski definition) is 5. The standard InChI is InChI=1S/C53H32N4O/c1-3-16-33(17-4-1)50-55-51(34-18-5-2-6-19-34)57-52(56-50)36-21-15-20-35(30-36)49-41-32-48-45(31-40(41)39-24-9-13-28-46(39)54-49)53(44-27-12-14-29-47(44)58-48)42-25-10-7-22-37(42)38-23-8-11-26-43(38)53/h1-32H. The van der Waals surface area contributed by atoms with Crippen molar-refractivity contribution in [2.75, 3.05) is 0 Å². The molecule has 8 aromatic carbocycles. The second-order valence-electron chi connectivity index (χ2n) is 14.9. The lowest BCUT2D eigenvalue weighted by Crippen LogP contribution is -2.32. The Balaban J connectivity index is 1.10. The SMILES string of the molecule is c1ccc(-c2nc(-c3ccccc3)nc(-c3cccc(-c4nc5ccccc5c5cc6c(cc45)Oc4ccccc4C64c5ccccc5-c5ccccc54)c3)n2)cc1. The van der Waals surface area contributed by atoms with Crippen LogP contribution in [0.2, 0.25) is 0 Å². The molecule has 0 N–H and O–H groups in total. The molecule has 0 saturated carbocycles. The molecule has 0 radical (unpaired) electrons. The first-order chi connectivity index (χ1) is 28.7. The fourth-order valence-electron chi connectivity index (χ4n) is 9.26. The lowest BCUT2D eigenvalue weighted by molar-refractivity contribution is 0.437. The molecule has 2 aromatic heterocycles. The largest absolute Gasteiger partial charge is 0.457 e. The van der Waals surface area contributed by atoms with E-state index in [0.717, 1.165) is 72.2 Å². The van der Waals surface area contributed by atoms with Gasteiger partial charge in [-0.2, -0.15) is 0 Å². The highest BCUT2D eigenvalue weighted by molar-refractivity contribution is 6.12. The molecule has 5 nitrogen and oxygen atoms in total. The molecule has 0 fully saturated rings. The van der Waals surface area contributed by atoms with Gasteiger partial charge in [-0.05, 0) is 58.0 Å². The van der Waals surface area contributed by atoms with Crippen molar-refractivity contribution in [3.05, 3.63) is 216 Å². The Morgan fingerprint density at radius 1 is 0.328 bits per heavy atom. The smallest absolute Gasteiger partial charge is 0.164 e. The third kappa shape index (κ3) is 4.77. The van der Waals surface area contributed by atoms with Crippen LogP contribution in [0.1, 0.15) is 22.3 Å². The molecule has 1 spiro atoms. The van der Waals surface area contributed by atoms with Crippen molar-refractivity contribution >= 4 is 21.7 Å². The number of fused-ring (bicyclic) bond motifs is 12. The minimum Gasteiger partial charge on any atom is -0.457 e. The van der Waals surface area contributed by atoms with Gasteiger partial charge in [-0.15, -0.1) is 0 Å². The van der Waals surface area contributed by atoms with Gasteiger partial charge in [0, 0.05) is 44.2 Å². The molecular weight excluding hydrogens is 709 g/mol. The Morgan fingerprint density at radius 3 is 1.55 bits per heavy atom. The fraction of sp³-hybridized carbons (Fsp3) is 0.0189. The number of rotatable bonds is 4. The molecule has 12 rings (SSSR count). The zero-order valence-corrected chi connectivity index (χ0v) is 31.2. The van der Waals surface area contributed by atoms with E-state index >= 15 is 0 Å². The second kappa shape index (κ2) is 12.6. The summed E-state index contributed by atoms with van der Waals surface area (Å²) in [5, 5.41) is 3.22. The number of ether oxygens (including phenoxy) is 1. The van der Waals surface area contributed by atoms with Crippen molar-refractivity contribution in [3.8, 4) is 68.0 Å². The van der Waals surface area contributed by atoms with Crippen molar-refractivity contribution in [1.82, 2.24) is 19.9 Å². The van der Waals surface area contributed by atoms with Crippen LogP contribution in [-0.4, -0.2) is 19.9 Å². The molecule has 5 heteroatoms. The van der Waals surface area contributed by atoms with E-state index in [0.29, 0.717) is 17.5 Å². The first-order valence-corrected chi connectivity index (χ1v) is 19.6. The first-order valence-electron chi connectivity index (χ1n) is 19.6. The van der Waals surface area contributed by atoms with Crippen LogP contribution in [0, 0.1) is 0 Å². The van der Waals surface area contributed by atoms with Crippen LogP contribution >= 0.6 is 0 Å². The maximum absolute atomic E-state index is 6.95. The number of hydrogen-bond donors (Lipinski definition) is 0. The highest BCUT2D eigenvalue weighted by atomic mass is 16.5. The van der Waals surface area contributed by atoms with E-state index in [9.17, 15) is 0 Å². The number of para-hydroxylation sites is 2. The van der Waals surface area contributed by atoms with Crippen LogP contribution in [0.5, 0.6) is 11.5 Å². The molecule has 270 valence electrons. The zero-order chi connectivity index (χ0) is 38.2. The van der Waals surface area contributed by atoms with Crippen LogP contribution < -0.4 is 4.74 Å². The number of nitrogens with zero attached hydrogens (tertiary/aromatic N) is 4. The van der Waals surface area contributed by atoms with Crippen molar-refractivity contribution in [1.29, 1.82) is 0 Å². The monoisotopic (exact) mass is 740 g/mol. The van der Waals surface area contributed by atoms with Gasteiger partial charge in [-0.25, -0.2) is 19.9 Å². The average Bonchev–Trinajstić information content (AvgIpc) is 3.59. The van der Waals surface area contributed by atoms with Gasteiger partial charge in [0.2, 0.25) is 0 Å². The number of aromatic nitrogens is 4. The highest BCUT2D eigenvalue weighted by Crippen LogP contribution is 2.62. The van der Waals surface area contributed by atoms with Gasteiger partial charge in [0.25, 0.3) is 0 Å². The summed E-state index contributed by atoms with van der Waals surface area (Å²) in [4.78, 5) is 20.4. The average molecular weight is 741 g/mol. The van der Waals surface area contributed by atoms with Crippen LogP contribution in [0.3, 0.4) is 0 Å². The molecule has 3 heterocycles. The molecule has 58 heavy (non-hydrogen) atoms. The maximum atomic E-state index is 6.95. The van der Waals surface area contributed by atoms with E-state index in [2.05, 4.69) is 133 Å². The van der Waals surface area contributed by atoms with Gasteiger partial charge in [0.15, 0.2) is 17.5 Å². The van der Waals surface area contributed by atoms with Crippen molar-refractivity contribution in [2.45, 2.75) is 5.41 Å². The van der Waals surface area contributed by atoms with Crippen molar-refractivity contribution < 1.29 is 4.74 Å². The Bertz CT molecular complexity index is 3170. The molecule has 0 bridgehead atoms. The second-order valence-corrected chi connectivity index (χ2v) is 14.9. The number of pyridine rings is 1. The quantitative estimate of drug-likeness (QED) is 0.168. The summed E-state index contributed by atoms with van der Waals surface area (Å²) in [6.45, 7) is 0. The highest BCUT2D eigenvalue weighted by Gasteiger charge is 2.51. The van der Waals surface area contributed by atoms with Gasteiger partial charge < -0.3 is 4.74 Å². The first kappa shape index (κ1) is 32.5. The van der Waals surface area contributed by atoms with Gasteiger partial charge in [-0.3, -0.25) is 0 Å². The van der Waals surface area contributed by atoms with E-state index < -0.39 is 5.41 Å². The molecule has 0 amide bonds. The van der Waals surface area contributed by atoms with Crippen LogP contribution in [0.15, 0.2) is 194 Å². The Morgan fingerprint density at radius 2 is 0.862 bits per heavy atom. The molecule has 2 aliphatic rings. The van der Waals surface area contributed by atoms with Crippen LogP contribution in [0.25, 0.3) is 78.2 Å². The summed E-state index contributed by atoms with van der Waals surface area (Å²) in [6, 6.07) is 67.8. The topological polar surface area (TPSA) is 60.8 Å². The summed E-state index contributed by atoms with van der Waals surface area (Å²) in [6.07, 6.45) is 0. The van der Waals surface area contributed by atoms with Crippen LogP contribution in [0.4, 0.5) is 0 Å². The summed E-state index contributed by atoms with van der Waals surface area (Å²) in [7, 11) is 0. The normalized spacial score (nSPS) is 13.1. The summed E-state index contributed by atoms with van der Waals surface area (Å²) in [5.41, 5.74) is 12.2. The molecule has 1 aliphatic carbocycles. The molecular formula is C53H32N4O. The predicted molar refractivity (Wildman–Crippen MR) is 232 cm³/mol. The molecule has 0 unspecified atom stereocenters. The molecule has 10 aromatic rings. The van der Waals surface area contributed by atoms with Gasteiger partial charge in [0.1, 0.15) is 11.5 Å². The Labute approximate surface area is 335 Å². The van der Waals surface area contributed by atoms with E-state index in [4.69, 9.17) is 24.7 Å². The molecule has 1 aliphatic heterocycles. The Kier molecular flexibility index (Phi) is 7.07. The number of benzene rings is 8. The van der Waals surface area contributed by atoms with Gasteiger partial charge >= 0.3 is 0 Å². The zero-order valence-electron chi connectivity index (χ0n) is 31.2. The fourth-order valence-corrected chi connectivity index (χ4v) is 9.26. The molecule has 0 atom stereocenters. The summed E-state index contributed by atoms with van der Waals surface area (Å²) in [5.74, 6) is 3.52. The van der Waals surface area contributed by atoms with E-state index in [-0.39, 0.29) is 0 Å². The van der Waals surface area contributed by atoms with Crippen molar-refractivity contribution in [3.63, 3.8) is 0 Å². The van der Waals surface area contributed by atoms with Gasteiger partial charge in [-0.1, -0.05) is 164 Å². The van der Waals surface area contributed by atoms with Crippen LogP contribution in [-0.2, 0) is 5.41 Å². The lowest BCUT2D eigenvalue weighted by Gasteiger charge is -2.39. The third-order valence-electron chi connectivity index (χ3n) is 11.8. The maximum Gasteiger partial charge on any atom is 0.164 e. The van der Waals surface area contributed by atoms with Crippen molar-refractivity contribution in [2.24, 2.45) is 0 Å². The predicted octanol–water partition coefficient (Wildman–Crippen LogP) is 12.7. The summed E-state index contributed by atoms with van der Waals surface area (Å²) >= 11 is 0. The third-order valence-corrected chi connectivity index (χ3v) is 11.8. The minimum atomic E-state index is -0.568. The Hall–Kier alpha value is -7.76. The van der Waals surface area contributed by atoms with E-state index in [1.165, 1.54) is 22.3 Å².